The van der Waals surface area contributed by atoms with Gasteiger partial charge in [-0.2, -0.15) is 13.2 Å². The number of carbonyl (C=O) groups excluding carboxylic acids is 2. The average Bonchev–Trinajstić information content (AvgIpc) is 2.72. The number of hydrogen-bond donors (Lipinski definition) is 1. The van der Waals surface area contributed by atoms with Gasteiger partial charge in [-0.1, -0.05) is 25.1 Å². The molecule has 2 aromatic carbocycles. The average molecular weight is 418 g/mol. The van der Waals surface area contributed by atoms with Crippen LogP contribution in [0, 0.1) is 0 Å². The third kappa shape index (κ3) is 4.35. The van der Waals surface area contributed by atoms with Crippen molar-refractivity contribution in [2.45, 2.75) is 57.8 Å². The number of amides is 2. The SMILES string of the molecule is CC[C@H](C)NC(=O)[C@@H]1C[C@H](C)N(C(=O)c2ccc(C(F)(F)F)cc2)c2ccccc21. The van der Waals surface area contributed by atoms with E-state index < -0.39 is 11.7 Å². The van der Waals surface area contributed by atoms with E-state index in [1.807, 2.05) is 32.9 Å². The molecule has 1 aliphatic rings. The first-order chi connectivity index (χ1) is 14.1. The molecule has 1 heterocycles. The number of benzene rings is 2. The summed E-state index contributed by atoms with van der Waals surface area (Å²) in [4.78, 5) is 27.6. The van der Waals surface area contributed by atoms with Crippen molar-refractivity contribution in [2.24, 2.45) is 0 Å². The van der Waals surface area contributed by atoms with E-state index >= 15 is 0 Å². The van der Waals surface area contributed by atoms with Crippen molar-refractivity contribution in [3.8, 4) is 0 Å². The molecule has 1 N–H and O–H groups in total. The fraction of sp³-hybridized carbons (Fsp3) is 0.391. The Balaban J connectivity index is 1.92. The number of alkyl halides is 3. The smallest absolute Gasteiger partial charge is 0.353 e. The Morgan fingerprint density at radius 3 is 2.37 bits per heavy atom. The maximum Gasteiger partial charge on any atom is 0.416 e. The molecule has 160 valence electrons. The van der Waals surface area contributed by atoms with Gasteiger partial charge in [0.15, 0.2) is 0 Å². The molecule has 0 spiro atoms. The van der Waals surface area contributed by atoms with E-state index in [4.69, 9.17) is 0 Å². The number of para-hydroxylation sites is 1. The lowest BCUT2D eigenvalue weighted by atomic mass is 9.84. The molecule has 0 fully saturated rings. The van der Waals surface area contributed by atoms with Gasteiger partial charge in [-0.05, 0) is 62.6 Å². The summed E-state index contributed by atoms with van der Waals surface area (Å²) in [5.74, 6) is -0.850. The summed E-state index contributed by atoms with van der Waals surface area (Å²) in [6.45, 7) is 5.78. The zero-order chi connectivity index (χ0) is 22.1. The highest BCUT2D eigenvalue weighted by atomic mass is 19.4. The zero-order valence-corrected chi connectivity index (χ0v) is 17.2. The molecule has 0 saturated carbocycles. The highest BCUT2D eigenvalue weighted by Crippen LogP contribution is 2.39. The lowest BCUT2D eigenvalue weighted by Gasteiger charge is -2.39. The van der Waals surface area contributed by atoms with Crippen LogP contribution < -0.4 is 10.2 Å². The van der Waals surface area contributed by atoms with E-state index in [0.717, 1.165) is 24.1 Å². The second kappa shape index (κ2) is 8.50. The summed E-state index contributed by atoms with van der Waals surface area (Å²) in [5.41, 5.74) is 0.738. The van der Waals surface area contributed by atoms with Crippen molar-refractivity contribution in [3.63, 3.8) is 0 Å². The summed E-state index contributed by atoms with van der Waals surface area (Å²) in [7, 11) is 0. The number of anilines is 1. The van der Waals surface area contributed by atoms with Crippen molar-refractivity contribution in [3.05, 3.63) is 65.2 Å². The topological polar surface area (TPSA) is 49.4 Å². The Kier molecular flexibility index (Phi) is 6.19. The van der Waals surface area contributed by atoms with Gasteiger partial charge >= 0.3 is 6.18 Å². The van der Waals surface area contributed by atoms with Gasteiger partial charge in [0.1, 0.15) is 0 Å². The van der Waals surface area contributed by atoms with Crippen molar-refractivity contribution in [1.29, 1.82) is 0 Å². The van der Waals surface area contributed by atoms with Crippen LogP contribution in [0.3, 0.4) is 0 Å². The molecule has 0 radical (unpaired) electrons. The van der Waals surface area contributed by atoms with Gasteiger partial charge in [0.2, 0.25) is 5.91 Å². The van der Waals surface area contributed by atoms with E-state index in [1.54, 1.807) is 17.0 Å². The minimum Gasteiger partial charge on any atom is -0.353 e. The highest BCUT2D eigenvalue weighted by Gasteiger charge is 2.37. The third-order valence-electron chi connectivity index (χ3n) is 5.58. The summed E-state index contributed by atoms with van der Waals surface area (Å²) in [6.07, 6.45) is -3.21. The second-order valence-electron chi connectivity index (χ2n) is 7.76. The van der Waals surface area contributed by atoms with Crippen LogP contribution in [0.5, 0.6) is 0 Å². The number of nitrogens with one attached hydrogen (secondary N) is 1. The van der Waals surface area contributed by atoms with Gasteiger partial charge in [0.05, 0.1) is 11.5 Å². The zero-order valence-electron chi connectivity index (χ0n) is 17.2. The maximum absolute atomic E-state index is 13.2. The molecule has 0 saturated heterocycles. The minimum absolute atomic E-state index is 0.0479. The van der Waals surface area contributed by atoms with E-state index in [1.165, 1.54) is 12.1 Å². The van der Waals surface area contributed by atoms with Crippen LogP contribution >= 0.6 is 0 Å². The molecule has 3 atom stereocenters. The molecule has 2 amide bonds. The molecule has 7 heteroatoms. The summed E-state index contributed by atoms with van der Waals surface area (Å²) >= 11 is 0. The number of halogens is 3. The molecule has 1 aliphatic heterocycles. The van der Waals surface area contributed by atoms with Crippen LogP contribution in [-0.4, -0.2) is 23.9 Å². The normalized spacial score (nSPS) is 19.7. The molecule has 2 aromatic rings. The molecular formula is C23H25F3N2O2. The minimum atomic E-state index is -4.46. The number of fused-ring (bicyclic) bond motifs is 1. The van der Waals surface area contributed by atoms with Gasteiger partial charge in [0, 0.05) is 23.3 Å². The fourth-order valence-electron chi connectivity index (χ4n) is 3.76. The first-order valence-electron chi connectivity index (χ1n) is 10.0. The Bertz CT molecular complexity index is 925. The Labute approximate surface area is 174 Å². The Hall–Kier alpha value is -2.83. The van der Waals surface area contributed by atoms with Gasteiger partial charge in [-0.25, -0.2) is 0 Å². The van der Waals surface area contributed by atoms with Gasteiger partial charge in [0.25, 0.3) is 5.91 Å². The predicted octanol–water partition coefficient (Wildman–Crippen LogP) is 5.14. The summed E-state index contributed by atoms with van der Waals surface area (Å²) in [6, 6.07) is 11.2. The van der Waals surface area contributed by atoms with E-state index in [-0.39, 0.29) is 35.4 Å². The first kappa shape index (κ1) is 21.9. The van der Waals surface area contributed by atoms with Crippen molar-refractivity contribution < 1.29 is 22.8 Å². The van der Waals surface area contributed by atoms with Crippen molar-refractivity contribution in [1.82, 2.24) is 5.32 Å². The fourth-order valence-corrected chi connectivity index (χ4v) is 3.76. The first-order valence-corrected chi connectivity index (χ1v) is 10.0. The standard InChI is InChI=1S/C23H25F3N2O2/c1-4-14(2)27-21(29)19-13-15(3)28(20-8-6-5-7-18(19)20)22(30)16-9-11-17(12-10-16)23(24,25)26/h5-12,14-15,19H,4,13H2,1-3H3,(H,27,29)/t14-,15-,19+/m0/s1. The Morgan fingerprint density at radius 2 is 1.77 bits per heavy atom. The van der Waals surface area contributed by atoms with Crippen molar-refractivity contribution >= 4 is 17.5 Å². The molecular weight excluding hydrogens is 393 g/mol. The van der Waals surface area contributed by atoms with Crippen LogP contribution in [0.1, 0.15) is 61.0 Å². The molecule has 4 nitrogen and oxygen atoms in total. The number of nitrogens with zero attached hydrogens (tertiary/aromatic N) is 1. The molecule has 0 bridgehead atoms. The van der Waals surface area contributed by atoms with E-state index in [2.05, 4.69) is 5.32 Å². The molecule has 0 aromatic heterocycles. The van der Waals surface area contributed by atoms with E-state index in [0.29, 0.717) is 12.1 Å². The maximum atomic E-state index is 13.2. The molecule has 0 aliphatic carbocycles. The summed E-state index contributed by atoms with van der Waals surface area (Å²) < 4.78 is 38.5. The Morgan fingerprint density at radius 1 is 1.13 bits per heavy atom. The highest BCUT2D eigenvalue weighted by molar-refractivity contribution is 6.08. The van der Waals surface area contributed by atoms with Crippen LogP contribution in [0.2, 0.25) is 0 Å². The number of hydrogen-bond acceptors (Lipinski definition) is 2. The van der Waals surface area contributed by atoms with Crippen LogP contribution in [0.25, 0.3) is 0 Å². The van der Waals surface area contributed by atoms with E-state index in [9.17, 15) is 22.8 Å². The predicted molar refractivity (Wildman–Crippen MR) is 109 cm³/mol. The summed E-state index contributed by atoms with van der Waals surface area (Å²) in [5, 5.41) is 3.01. The van der Waals surface area contributed by atoms with Crippen molar-refractivity contribution in [2.75, 3.05) is 4.90 Å². The van der Waals surface area contributed by atoms with Gasteiger partial charge < -0.3 is 10.2 Å². The molecule has 30 heavy (non-hydrogen) atoms. The van der Waals surface area contributed by atoms with Crippen LogP contribution in [-0.2, 0) is 11.0 Å². The quantitative estimate of drug-likeness (QED) is 0.747. The largest absolute Gasteiger partial charge is 0.416 e. The molecule has 3 rings (SSSR count). The van der Waals surface area contributed by atoms with Gasteiger partial charge in [-0.15, -0.1) is 0 Å². The lowest BCUT2D eigenvalue weighted by molar-refractivity contribution is -0.137. The second-order valence-corrected chi connectivity index (χ2v) is 7.76. The van der Waals surface area contributed by atoms with Crippen LogP contribution in [0.4, 0.5) is 18.9 Å². The monoisotopic (exact) mass is 418 g/mol. The lowest BCUT2D eigenvalue weighted by Crippen LogP contribution is -2.47. The third-order valence-corrected chi connectivity index (χ3v) is 5.58. The van der Waals surface area contributed by atoms with Gasteiger partial charge in [-0.3, -0.25) is 9.59 Å². The number of carbonyl (C=O) groups is 2. The molecule has 0 unspecified atom stereocenters. The van der Waals surface area contributed by atoms with Crippen LogP contribution in [0.15, 0.2) is 48.5 Å². The number of rotatable bonds is 4.